The van der Waals surface area contributed by atoms with Gasteiger partial charge < -0.3 is 15.0 Å². The number of hydrogen-bond donors (Lipinski definition) is 2. The maximum absolute atomic E-state index is 13.1. The van der Waals surface area contributed by atoms with Crippen LogP contribution in [0.1, 0.15) is 30.7 Å². The quantitative estimate of drug-likeness (QED) is 0.586. The Balaban J connectivity index is 2.05. The lowest BCUT2D eigenvalue weighted by molar-refractivity contribution is -0.118. The molecular weight excluding hydrogens is 495 g/mol. The van der Waals surface area contributed by atoms with Gasteiger partial charge in [-0.3, -0.25) is 9.59 Å². The SMILES string of the molecule is O=C(Nc1ncc(Cl)s1)C(CC1CCOCC1)c1c(S(=O)(=O)CC(F)(F)F)cc[nH]c1=O. The van der Waals surface area contributed by atoms with Gasteiger partial charge in [0.2, 0.25) is 5.91 Å². The van der Waals surface area contributed by atoms with Gasteiger partial charge in [-0.1, -0.05) is 22.9 Å². The van der Waals surface area contributed by atoms with E-state index in [4.69, 9.17) is 16.3 Å². The Kier molecular flexibility index (Phi) is 7.63. The summed E-state index contributed by atoms with van der Waals surface area (Å²) in [6.07, 6.45) is -1.61. The number of thiazole rings is 1. The Morgan fingerprint density at radius 3 is 2.66 bits per heavy atom. The molecule has 32 heavy (non-hydrogen) atoms. The van der Waals surface area contributed by atoms with E-state index in [0.717, 1.165) is 23.6 Å². The molecule has 0 spiro atoms. The van der Waals surface area contributed by atoms with E-state index in [1.165, 1.54) is 6.20 Å². The number of rotatable bonds is 7. The number of nitrogens with zero attached hydrogens (tertiary/aromatic N) is 1. The van der Waals surface area contributed by atoms with Gasteiger partial charge in [-0.05, 0) is 31.2 Å². The van der Waals surface area contributed by atoms with Gasteiger partial charge in [0.05, 0.1) is 17.0 Å². The summed E-state index contributed by atoms with van der Waals surface area (Å²) in [5.74, 6) is -4.34. The first-order chi connectivity index (χ1) is 15.0. The van der Waals surface area contributed by atoms with E-state index in [1.807, 2.05) is 0 Å². The van der Waals surface area contributed by atoms with E-state index in [0.29, 0.717) is 26.1 Å². The Morgan fingerprint density at radius 2 is 2.06 bits per heavy atom. The van der Waals surface area contributed by atoms with Gasteiger partial charge in [-0.15, -0.1) is 0 Å². The largest absolute Gasteiger partial charge is 0.403 e. The fourth-order valence-corrected chi connectivity index (χ4v) is 5.79. The van der Waals surface area contributed by atoms with Gasteiger partial charge in [-0.25, -0.2) is 13.4 Å². The molecule has 176 valence electrons. The topological polar surface area (TPSA) is 118 Å². The average Bonchev–Trinajstić information content (AvgIpc) is 3.10. The molecular formula is C18H19ClF3N3O5S2. The lowest BCUT2D eigenvalue weighted by Crippen LogP contribution is -2.33. The minimum absolute atomic E-state index is 0.0515. The summed E-state index contributed by atoms with van der Waals surface area (Å²) in [5.41, 5.74) is -1.47. The molecule has 1 aliphatic rings. The second-order valence-corrected chi connectivity index (χ2v) is 10.9. The predicted octanol–water partition coefficient (Wildman–Crippen LogP) is 3.36. The zero-order valence-corrected chi connectivity index (χ0v) is 18.8. The van der Waals surface area contributed by atoms with Gasteiger partial charge in [0.1, 0.15) is 4.34 Å². The van der Waals surface area contributed by atoms with Crippen molar-refractivity contribution in [2.45, 2.75) is 36.3 Å². The molecule has 1 amide bonds. The van der Waals surface area contributed by atoms with Crippen LogP contribution in [0.2, 0.25) is 4.34 Å². The second kappa shape index (κ2) is 9.89. The standard InChI is InChI=1S/C18H19ClF3N3O5S2/c19-13-8-24-17(31-13)25-15(26)11(7-10-2-5-30-6-3-10)14-12(1-4-23-16(14)27)32(28,29)9-18(20,21)22/h1,4,8,10-11H,2-3,5-7,9H2,(H,23,27)(H,24,25,26). The second-order valence-electron chi connectivity index (χ2n) is 7.26. The maximum Gasteiger partial charge on any atom is 0.403 e. The van der Waals surface area contributed by atoms with Crippen molar-refractivity contribution < 1.29 is 31.1 Å². The number of pyridine rings is 1. The molecule has 3 heterocycles. The van der Waals surface area contributed by atoms with Crippen LogP contribution in [0.15, 0.2) is 28.2 Å². The molecule has 1 atom stereocenters. The number of aromatic nitrogens is 2. The maximum atomic E-state index is 13.1. The number of carbonyl (C=O) groups is 1. The van der Waals surface area contributed by atoms with Crippen molar-refractivity contribution in [3.05, 3.63) is 38.7 Å². The number of aromatic amines is 1. The number of H-pyrrole nitrogens is 1. The van der Waals surface area contributed by atoms with E-state index in [1.54, 1.807) is 0 Å². The summed E-state index contributed by atoms with van der Waals surface area (Å²) in [5, 5.41) is 2.60. The highest BCUT2D eigenvalue weighted by atomic mass is 35.5. The van der Waals surface area contributed by atoms with Crippen LogP contribution in [-0.4, -0.2) is 49.4 Å². The molecule has 2 N–H and O–H groups in total. The number of amides is 1. The van der Waals surface area contributed by atoms with Crippen LogP contribution in [-0.2, 0) is 19.4 Å². The highest BCUT2D eigenvalue weighted by Gasteiger charge is 2.40. The summed E-state index contributed by atoms with van der Waals surface area (Å²) in [7, 11) is -4.94. The molecule has 8 nitrogen and oxygen atoms in total. The lowest BCUT2D eigenvalue weighted by atomic mass is 9.85. The Bertz CT molecular complexity index is 1130. The number of ether oxygens (including phenoxy) is 1. The third kappa shape index (κ3) is 6.30. The molecule has 2 aromatic heterocycles. The van der Waals surface area contributed by atoms with Gasteiger partial charge in [-0.2, -0.15) is 13.2 Å². The van der Waals surface area contributed by atoms with Crippen LogP contribution in [0.25, 0.3) is 0 Å². The zero-order chi connectivity index (χ0) is 23.5. The third-order valence-electron chi connectivity index (χ3n) is 4.93. The highest BCUT2D eigenvalue weighted by molar-refractivity contribution is 7.91. The van der Waals surface area contributed by atoms with Crippen LogP contribution in [0.4, 0.5) is 18.3 Å². The Labute approximate surface area is 190 Å². The highest BCUT2D eigenvalue weighted by Crippen LogP contribution is 2.34. The van der Waals surface area contributed by atoms with Crippen molar-refractivity contribution in [3.8, 4) is 0 Å². The molecule has 0 aliphatic carbocycles. The molecule has 0 saturated carbocycles. The molecule has 1 fully saturated rings. The van der Waals surface area contributed by atoms with Crippen LogP contribution < -0.4 is 10.9 Å². The van der Waals surface area contributed by atoms with E-state index in [9.17, 15) is 31.2 Å². The predicted molar refractivity (Wildman–Crippen MR) is 112 cm³/mol. The van der Waals surface area contributed by atoms with E-state index >= 15 is 0 Å². The van der Waals surface area contributed by atoms with Gasteiger partial charge in [0, 0.05) is 25.0 Å². The molecule has 2 aromatic rings. The average molecular weight is 514 g/mol. The fourth-order valence-electron chi connectivity index (χ4n) is 3.54. The number of anilines is 1. The molecule has 3 rings (SSSR count). The van der Waals surface area contributed by atoms with Crippen molar-refractivity contribution >= 4 is 43.8 Å². The fraction of sp³-hybridized carbons (Fsp3) is 0.500. The lowest BCUT2D eigenvalue weighted by Gasteiger charge is -2.26. The van der Waals surface area contributed by atoms with Crippen molar-refractivity contribution in [3.63, 3.8) is 0 Å². The zero-order valence-electron chi connectivity index (χ0n) is 16.4. The number of halogens is 4. The minimum atomic E-state index is -5.02. The molecule has 14 heteroatoms. The smallest absolute Gasteiger partial charge is 0.381 e. The number of hydrogen-bond acceptors (Lipinski definition) is 7. The summed E-state index contributed by atoms with van der Waals surface area (Å²) >= 11 is 6.76. The van der Waals surface area contributed by atoms with Gasteiger partial charge >= 0.3 is 6.18 Å². The van der Waals surface area contributed by atoms with Crippen LogP contribution in [0.5, 0.6) is 0 Å². The summed E-state index contributed by atoms with van der Waals surface area (Å²) in [6, 6.07) is 0.877. The first-order valence-corrected chi connectivity index (χ1v) is 12.3. The van der Waals surface area contributed by atoms with Crippen molar-refractivity contribution in [2.24, 2.45) is 5.92 Å². The van der Waals surface area contributed by atoms with Crippen LogP contribution in [0.3, 0.4) is 0 Å². The number of sulfone groups is 1. The first kappa shape index (κ1) is 24.7. The summed E-state index contributed by atoms with van der Waals surface area (Å²) < 4.78 is 69.4. The molecule has 1 unspecified atom stereocenters. The molecule has 0 aromatic carbocycles. The van der Waals surface area contributed by atoms with Crippen molar-refractivity contribution in [2.75, 3.05) is 24.3 Å². The van der Waals surface area contributed by atoms with Crippen molar-refractivity contribution in [1.29, 1.82) is 0 Å². The van der Waals surface area contributed by atoms with E-state index in [-0.39, 0.29) is 21.8 Å². The van der Waals surface area contributed by atoms with Crippen LogP contribution in [0, 0.1) is 5.92 Å². The van der Waals surface area contributed by atoms with Crippen molar-refractivity contribution in [1.82, 2.24) is 9.97 Å². The molecule has 0 radical (unpaired) electrons. The molecule has 1 saturated heterocycles. The first-order valence-electron chi connectivity index (χ1n) is 9.47. The Hall–Kier alpha value is -1.96. The van der Waals surface area contributed by atoms with Gasteiger partial charge in [0.25, 0.3) is 5.56 Å². The normalized spacial score (nSPS) is 16.6. The summed E-state index contributed by atoms with van der Waals surface area (Å²) in [4.78, 5) is 31.1. The van der Waals surface area contributed by atoms with E-state index < -0.39 is 49.6 Å². The van der Waals surface area contributed by atoms with E-state index in [2.05, 4.69) is 15.3 Å². The minimum Gasteiger partial charge on any atom is -0.381 e. The number of carbonyl (C=O) groups excluding carboxylic acids is 1. The van der Waals surface area contributed by atoms with Crippen LogP contribution >= 0.6 is 22.9 Å². The number of alkyl halides is 3. The number of nitrogens with one attached hydrogen (secondary N) is 2. The Morgan fingerprint density at radius 1 is 1.38 bits per heavy atom. The summed E-state index contributed by atoms with van der Waals surface area (Å²) in [6.45, 7) is 0.844. The monoisotopic (exact) mass is 513 g/mol. The molecule has 1 aliphatic heterocycles. The molecule has 0 bridgehead atoms. The third-order valence-corrected chi connectivity index (χ3v) is 7.69. The van der Waals surface area contributed by atoms with Gasteiger partial charge in [0.15, 0.2) is 20.7 Å².